The van der Waals surface area contributed by atoms with E-state index in [2.05, 4.69) is 10.6 Å². The Kier molecular flexibility index (Phi) is 7.21. The molecule has 0 aromatic heterocycles. The van der Waals surface area contributed by atoms with E-state index in [9.17, 15) is 19.2 Å². The van der Waals surface area contributed by atoms with Crippen molar-refractivity contribution in [3.8, 4) is 0 Å². The van der Waals surface area contributed by atoms with Crippen LogP contribution in [0.4, 0.5) is 5.69 Å². The number of primary amides is 1. The molecule has 0 aliphatic carbocycles. The van der Waals surface area contributed by atoms with Crippen LogP contribution in [0.5, 0.6) is 0 Å². The lowest BCUT2D eigenvalue weighted by Crippen LogP contribution is -2.48. The lowest BCUT2D eigenvalue weighted by atomic mass is 10.1. The van der Waals surface area contributed by atoms with Crippen molar-refractivity contribution >= 4 is 29.4 Å². The van der Waals surface area contributed by atoms with E-state index in [1.54, 1.807) is 24.3 Å². The number of nitrogen functional groups attached to an aromatic ring is 1. The largest absolute Gasteiger partial charge is 0.480 e. The van der Waals surface area contributed by atoms with Gasteiger partial charge in [0.1, 0.15) is 12.6 Å². The number of aliphatic carboxylic acids is 1. The third-order valence-corrected chi connectivity index (χ3v) is 3.09. The third kappa shape index (κ3) is 7.25. The minimum absolute atomic E-state index is 0.0135. The number of rotatable bonds is 9. The molecule has 9 nitrogen and oxygen atoms in total. The Hall–Kier alpha value is -3.10. The number of benzene rings is 1. The van der Waals surface area contributed by atoms with E-state index >= 15 is 0 Å². The normalized spacial score (nSPS) is 11.3. The summed E-state index contributed by atoms with van der Waals surface area (Å²) in [6.45, 7) is -0.584. The van der Waals surface area contributed by atoms with Crippen LogP contribution < -0.4 is 22.1 Å². The topological polar surface area (TPSA) is 165 Å². The molecule has 0 bridgehead atoms. The molecule has 7 N–H and O–H groups in total. The average Bonchev–Trinajstić information content (AvgIpc) is 2.51. The third-order valence-electron chi connectivity index (χ3n) is 3.09. The summed E-state index contributed by atoms with van der Waals surface area (Å²) < 4.78 is 0. The van der Waals surface area contributed by atoms with Crippen LogP contribution in [0.2, 0.25) is 0 Å². The van der Waals surface area contributed by atoms with E-state index < -0.39 is 36.3 Å². The minimum Gasteiger partial charge on any atom is -0.480 e. The summed E-state index contributed by atoms with van der Waals surface area (Å²) in [6.07, 6.45) is -0.124. The van der Waals surface area contributed by atoms with Crippen molar-refractivity contribution in [1.82, 2.24) is 10.6 Å². The van der Waals surface area contributed by atoms with E-state index in [4.69, 9.17) is 16.6 Å². The fourth-order valence-corrected chi connectivity index (χ4v) is 1.91. The number of carbonyl (C=O) groups excluding carboxylic acids is 3. The van der Waals surface area contributed by atoms with Gasteiger partial charge in [-0.25, -0.2) is 0 Å². The Labute approximate surface area is 138 Å². The molecule has 1 atom stereocenters. The fraction of sp³-hybridized carbons (Fsp3) is 0.333. The molecule has 0 spiro atoms. The van der Waals surface area contributed by atoms with Gasteiger partial charge in [-0.15, -0.1) is 0 Å². The van der Waals surface area contributed by atoms with Crippen LogP contribution in [0, 0.1) is 0 Å². The van der Waals surface area contributed by atoms with E-state index in [1.165, 1.54) is 0 Å². The van der Waals surface area contributed by atoms with Gasteiger partial charge in [0.05, 0.1) is 6.42 Å². The smallest absolute Gasteiger partial charge is 0.322 e. The Morgan fingerprint density at radius 2 is 1.75 bits per heavy atom. The van der Waals surface area contributed by atoms with Gasteiger partial charge in [-0.05, 0) is 24.1 Å². The first-order valence-corrected chi connectivity index (χ1v) is 7.19. The molecular formula is C15H20N4O5. The Morgan fingerprint density at radius 3 is 2.29 bits per heavy atom. The van der Waals surface area contributed by atoms with Gasteiger partial charge < -0.3 is 27.2 Å². The number of amides is 3. The monoisotopic (exact) mass is 336 g/mol. The number of anilines is 1. The van der Waals surface area contributed by atoms with Crippen molar-refractivity contribution < 1.29 is 24.3 Å². The molecule has 3 amide bonds. The van der Waals surface area contributed by atoms with E-state index in [1.807, 2.05) is 0 Å². The molecule has 1 rings (SSSR count). The van der Waals surface area contributed by atoms with Gasteiger partial charge >= 0.3 is 5.97 Å². The molecular weight excluding hydrogens is 316 g/mol. The Bertz CT molecular complexity index is 615. The second-order valence-electron chi connectivity index (χ2n) is 5.15. The summed E-state index contributed by atoms with van der Waals surface area (Å²) in [4.78, 5) is 45.3. The Balaban J connectivity index is 2.65. The summed E-state index contributed by atoms with van der Waals surface area (Å²) in [5.74, 6) is -2.98. The predicted molar refractivity (Wildman–Crippen MR) is 85.6 cm³/mol. The highest BCUT2D eigenvalue weighted by Crippen LogP contribution is 2.06. The zero-order chi connectivity index (χ0) is 18.1. The number of nitrogens with two attached hydrogens (primary N) is 2. The van der Waals surface area contributed by atoms with Crippen molar-refractivity contribution in [2.45, 2.75) is 25.3 Å². The molecule has 0 saturated carbocycles. The van der Waals surface area contributed by atoms with Crippen LogP contribution in [-0.2, 0) is 25.6 Å². The standard InChI is InChI=1S/C15H20N4O5/c16-10-3-1-9(2-4-10)7-13(21)19-11(5-6-12(17)20)15(24)18-8-14(22)23/h1-4,11H,5-8,16H2,(H2,17,20)(H,18,24)(H,19,21)(H,22,23). The van der Waals surface area contributed by atoms with Crippen molar-refractivity contribution in [3.05, 3.63) is 29.8 Å². The first kappa shape index (κ1) is 18.9. The maximum absolute atomic E-state index is 12.0. The van der Waals surface area contributed by atoms with Crippen LogP contribution in [0.1, 0.15) is 18.4 Å². The summed E-state index contributed by atoms with van der Waals surface area (Å²) in [6, 6.07) is 5.60. The van der Waals surface area contributed by atoms with E-state index in [0.717, 1.165) is 0 Å². The highest BCUT2D eigenvalue weighted by molar-refractivity contribution is 5.90. The minimum atomic E-state index is -1.22. The zero-order valence-corrected chi connectivity index (χ0v) is 13.0. The molecule has 1 aromatic rings. The lowest BCUT2D eigenvalue weighted by Gasteiger charge is -2.17. The maximum atomic E-state index is 12.0. The van der Waals surface area contributed by atoms with Gasteiger partial charge in [0.2, 0.25) is 17.7 Å². The van der Waals surface area contributed by atoms with E-state index in [-0.39, 0.29) is 19.3 Å². The number of carboxylic acid groups (broad SMARTS) is 1. The molecule has 0 fully saturated rings. The second kappa shape index (κ2) is 9.13. The SMILES string of the molecule is NC(=O)CCC(NC(=O)Cc1ccc(N)cc1)C(=O)NCC(=O)O. The molecule has 0 heterocycles. The maximum Gasteiger partial charge on any atom is 0.322 e. The van der Waals surface area contributed by atoms with Crippen molar-refractivity contribution in [3.63, 3.8) is 0 Å². The van der Waals surface area contributed by atoms with Crippen molar-refractivity contribution in [2.24, 2.45) is 5.73 Å². The molecule has 0 aliphatic rings. The first-order chi connectivity index (χ1) is 11.3. The van der Waals surface area contributed by atoms with Gasteiger partial charge in [-0.1, -0.05) is 12.1 Å². The predicted octanol–water partition coefficient (Wildman–Crippen LogP) is -1.24. The molecule has 1 aromatic carbocycles. The highest BCUT2D eigenvalue weighted by Gasteiger charge is 2.21. The van der Waals surface area contributed by atoms with Gasteiger partial charge in [-0.2, -0.15) is 0 Å². The average molecular weight is 336 g/mol. The number of hydrogen-bond acceptors (Lipinski definition) is 5. The second-order valence-corrected chi connectivity index (χ2v) is 5.15. The molecule has 0 aliphatic heterocycles. The lowest BCUT2D eigenvalue weighted by molar-refractivity contribution is -0.138. The van der Waals surface area contributed by atoms with E-state index in [0.29, 0.717) is 11.3 Å². The zero-order valence-electron chi connectivity index (χ0n) is 13.0. The van der Waals surface area contributed by atoms with Crippen LogP contribution in [0.15, 0.2) is 24.3 Å². The molecule has 1 unspecified atom stereocenters. The molecule has 24 heavy (non-hydrogen) atoms. The number of nitrogens with one attached hydrogen (secondary N) is 2. The molecule has 0 saturated heterocycles. The molecule has 9 heteroatoms. The van der Waals surface area contributed by atoms with Gasteiger partial charge in [0.25, 0.3) is 0 Å². The summed E-state index contributed by atoms with van der Waals surface area (Å²) in [5, 5.41) is 13.2. The van der Waals surface area contributed by atoms with Crippen molar-refractivity contribution in [2.75, 3.05) is 12.3 Å². The molecule has 130 valence electrons. The Morgan fingerprint density at radius 1 is 1.12 bits per heavy atom. The summed E-state index contributed by atoms with van der Waals surface area (Å²) in [7, 11) is 0. The number of carbonyl (C=O) groups is 4. The van der Waals surface area contributed by atoms with Gasteiger partial charge in [0.15, 0.2) is 0 Å². The van der Waals surface area contributed by atoms with Gasteiger partial charge in [0, 0.05) is 12.1 Å². The first-order valence-electron chi connectivity index (χ1n) is 7.19. The van der Waals surface area contributed by atoms with Crippen molar-refractivity contribution in [1.29, 1.82) is 0 Å². The fourth-order valence-electron chi connectivity index (χ4n) is 1.91. The highest BCUT2D eigenvalue weighted by atomic mass is 16.4. The number of hydrogen-bond donors (Lipinski definition) is 5. The summed E-state index contributed by atoms with van der Waals surface area (Å²) >= 11 is 0. The van der Waals surface area contributed by atoms with Crippen LogP contribution in [0.3, 0.4) is 0 Å². The number of carboxylic acids is 1. The quantitative estimate of drug-likeness (QED) is 0.354. The van der Waals surface area contributed by atoms with Crippen LogP contribution in [0.25, 0.3) is 0 Å². The summed E-state index contributed by atoms with van der Waals surface area (Å²) in [5.41, 5.74) is 11.9. The molecule has 0 radical (unpaired) electrons. The van der Waals surface area contributed by atoms with Crippen LogP contribution in [-0.4, -0.2) is 41.4 Å². The van der Waals surface area contributed by atoms with Gasteiger partial charge in [-0.3, -0.25) is 19.2 Å². The van der Waals surface area contributed by atoms with Crippen LogP contribution >= 0.6 is 0 Å².